The van der Waals surface area contributed by atoms with Gasteiger partial charge in [0.1, 0.15) is 5.75 Å². The van der Waals surface area contributed by atoms with Gasteiger partial charge in [0.05, 0.1) is 11.9 Å². The Balaban J connectivity index is 0.00000289. The molecule has 1 aromatic carbocycles. The van der Waals surface area contributed by atoms with E-state index in [0.717, 1.165) is 31.0 Å². The van der Waals surface area contributed by atoms with Gasteiger partial charge in [-0.3, -0.25) is 0 Å². The molecule has 0 aliphatic heterocycles. The number of hydrogen-bond donors (Lipinski definition) is 0. The molecule has 0 bridgehead atoms. The molecule has 7 heteroatoms. The van der Waals surface area contributed by atoms with Crippen LogP contribution in [0.4, 0.5) is 17.3 Å². The van der Waals surface area contributed by atoms with Crippen LogP contribution in [0.5, 0.6) is 5.75 Å². The van der Waals surface area contributed by atoms with Crippen LogP contribution < -0.4 is 61.6 Å². The second kappa shape index (κ2) is 7.89. The summed E-state index contributed by atoms with van der Waals surface area (Å²) in [7, 11) is 0. The summed E-state index contributed by atoms with van der Waals surface area (Å²) in [5.74, 6) is -1.14. The molecule has 0 aliphatic carbocycles. The molecule has 18 heavy (non-hydrogen) atoms. The summed E-state index contributed by atoms with van der Waals surface area (Å²) >= 11 is 0. The van der Waals surface area contributed by atoms with Crippen LogP contribution in [-0.4, -0.2) is 13.1 Å². The normalized spacial score (nSPS) is 11.3. The maximum atomic E-state index is 13.2. The third kappa shape index (κ3) is 5.21. The first kappa shape index (κ1) is 18.4. The number of hydrogen-bond acceptors (Lipinski definition) is 1. The fourth-order valence-electron chi connectivity index (χ4n) is 1.49. The van der Waals surface area contributed by atoms with Crippen LogP contribution in [-0.2, 0) is 0 Å². The fourth-order valence-corrected chi connectivity index (χ4v) is 1.49. The predicted octanol–water partition coefficient (Wildman–Crippen LogP) is 0.452. The number of ether oxygens (including phenoxy) is 1. The average molecular weight is 288 g/mol. The van der Waals surface area contributed by atoms with Crippen molar-refractivity contribution in [1.29, 1.82) is 0 Å². The molecule has 0 aromatic heterocycles. The van der Waals surface area contributed by atoms with E-state index in [-0.39, 0.29) is 63.2 Å². The molecule has 0 radical (unpaired) electrons. The molecule has 0 aliphatic rings. The minimum atomic E-state index is -5.31. The van der Waals surface area contributed by atoms with E-state index in [0.29, 0.717) is 0 Å². The molecular weight excluding hydrogens is 274 g/mol. The second-order valence-electron chi connectivity index (χ2n) is 3.81. The Hall–Kier alpha value is 0.441. The first-order valence-electron chi connectivity index (χ1n) is 5.54. The van der Waals surface area contributed by atoms with Gasteiger partial charge in [-0.15, -0.1) is 0 Å². The zero-order valence-corrected chi connectivity index (χ0v) is 13.8. The predicted molar refractivity (Wildman–Crippen MR) is 60.1 cm³/mol. The van der Waals surface area contributed by atoms with Crippen molar-refractivity contribution >= 4 is 12.4 Å². The van der Waals surface area contributed by atoms with Gasteiger partial charge in [-0.05, 0) is 18.9 Å². The third-order valence-corrected chi connectivity index (χ3v) is 2.54. The zero-order chi connectivity index (χ0) is 13.1. The summed E-state index contributed by atoms with van der Waals surface area (Å²) < 4.78 is 55.7. The number of halogens is 4. The molecular formula is C11H14BF4KO. The smallest absolute Gasteiger partial charge is 0.490 e. The summed E-state index contributed by atoms with van der Waals surface area (Å²) in [4.78, 5) is 0. The Morgan fingerprint density at radius 3 is 2.11 bits per heavy atom. The molecule has 0 heterocycles. The van der Waals surface area contributed by atoms with Crippen molar-refractivity contribution in [2.24, 2.45) is 0 Å². The van der Waals surface area contributed by atoms with E-state index in [1.807, 2.05) is 13.8 Å². The van der Waals surface area contributed by atoms with Gasteiger partial charge >= 0.3 is 58.4 Å². The Labute approximate surface area is 147 Å². The maximum Gasteiger partial charge on any atom is 1.00 e. The van der Waals surface area contributed by atoms with Gasteiger partial charge in [0.15, 0.2) is 0 Å². The summed E-state index contributed by atoms with van der Waals surface area (Å²) in [5.41, 5.74) is -1.21. The van der Waals surface area contributed by atoms with Crippen LogP contribution in [0.25, 0.3) is 0 Å². The van der Waals surface area contributed by atoms with Gasteiger partial charge in [-0.25, -0.2) is 4.39 Å². The fraction of sp³-hybridized carbons (Fsp3) is 0.455. The Morgan fingerprint density at radius 2 is 1.72 bits per heavy atom. The molecule has 1 aromatic rings. The van der Waals surface area contributed by atoms with Crippen molar-refractivity contribution in [3.63, 3.8) is 0 Å². The molecule has 1 nitrogen and oxygen atoms in total. The average Bonchev–Trinajstić information content (AvgIpc) is 2.24. The van der Waals surface area contributed by atoms with Crippen molar-refractivity contribution in [3.8, 4) is 5.75 Å². The first-order chi connectivity index (χ1) is 7.88. The molecule has 0 unspecified atom stereocenters. The first-order valence-corrected chi connectivity index (χ1v) is 5.54. The molecule has 96 valence electrons. The Morgan fingerprint density at radius 1 is 1.17 bits per heavy atom. The monoisotopic (exact) mass is 288 g/mol. The molecule has 1 rings (SSSR count). The summed E-state index contributed by atoms with van der Waals surface area (Å²) in [6.07, 6.45) is 1.35. The zero-order valence-electron chi connectivity index (χ0n) is 10.7. The van der Waals surface area contributed by atoms with Crippen LogP contribution >= 0.6 is 0 Å². The van der Waals surface area contributed by atoms with Crippen molar-refractivity contribution in [2.75, 3.05) is 0 Å². The molecule has 0 saturated carbocycles. The number of rotatable bonds is 5. The van der Waals surface area contributed by atoms with E-state index in [1.165, 1.54) is 0 Å². The van der Waals surface area contributed by atoms with E-state index in [1.54, 1.807) is 0 Å². The minimum absolute atomic E-state index is 0. The summed E-state index contributed by atoms with van der Waals surface area (Å²) in [5, 5.41) is 0. The molecule has 0 amide bonds. The Bertz CT molecular complexity index is 380. The van der Waals surface area contributed by atoms with E-state index < -0.39 is 18.3 Å². The summed E-state index contributed by atoms with van der Waals surface area (Å²) in [6.45, 7) is -1.51. The van der Waals surface area contributed by atoms with Crippen molar-refractivity contribution < 1.29 is 73.5 Å². The van der Waals surface area contributed by atoms with Gasteiger partial charge in [0.25, 0.3) is 0 Å². The van der Waals surface area contributed by atoms with Gasteiger partial charge in [0, 0.05) is 6.07 Å². The van der Waals surface area contributed by atoms with Gasteiger partial charge in [-0.2, -0.15) is 0 Å². The standard InChI is InChI=1S/C11H14BF4O.K/c1-3-8(4-2)17-9-5-6-10(11(13)7-9)12(14,15)16;/h5-8H,3-4H2,1-2H3;/q-1;+1. The Kier molecular flexibility index (Phi) is 8.09. The topological polar surface area (TPSA) is 9.23 Å². The largest absolute Gasteiger partial charge is 1.00 e. The van der Waals surface area contributed by atoms with Gasteiger partial charge in [-0.1, -0.05) is 25.4 Å². The van der Waals surface area contributed by atoms with Crippen LogP contribution in [0.1, 0.15) is 26.7 Å². The van der Waals surface area contributed by atoms with Crippen LogP contribution in [0.2, 0.25) is 0 Å². The molecule has 0 spiro atoms. The van der Waals surface area contributed by atoms with Gasteiger partial charge in [0.2, 0.25) is 0 Å². The minimum Gasteiger partial charge on any atom is -0.490 e. The van der Waals surface area contributed by atoms with Crippen molar-refractivity contribution in [1.82, 2.24) is 0 Å². The maximum absolute atomic E-state index is 13.2. The molecule has 0 fully saturated rings. The van der Waals surface area contributed by atoms with Gasteiger partial charge < -0.3 is 17.7 Å². The third-order valence-electron chi connectivity index (χ3n) is 2.54. The SMILES string of the molecule is CCC(CC)Oc1ccc([B-](F)(F)F)c(F)c1.[K+]. The van der Waals surface area contributed by atoms with E-state index in [2.05, 4.69) is 0 Å². The summed E-state index contributed by atoms with van der Waals surface area (Å²) in [6, 6.07) is 2.68. The van der Waals surface area contributed by atoms with Crippen molar-refractivity contribution in [3.05, 3.63) is 24.0 Å². The second-order valence-corrected chi connectivity index (χ2v) is 3.81. The van der Waals surface area contributed by atoms with Crippen molar-refractivity contribution in [2.45, 2.75) is 32.8 Å². The van der Waals surface area contributed by atoms with Crippen LogP contribution in [0.3, 0.4) is 0 Å². The molecule has 0 atom stereocenters. The van der Waals surface area contributed by atoms with Crippen LogP contribution in [0.15, 0.2) is 18.2 Å². The van der Waals surface area contributed by atoms with E-state index in [9.17, 15) is 17.3 Å². The number of benzene rings is 1. The van der Waals surface area contributed by atoms with E-state index in [4.69, 9.17) is 4.74 Å². The molecule has 0 saturated heterocycles. The molecule has 0 N–H and O–H groups in total. The van der Waals surface area contributed by atoms with Crippen LogP contribution in [0, 0.1) is 5.82 Å². The van der Waals surface area contributed by atoms with E-state index >= 15 is 0 Å². The quantitative estimate of drug-likeness (QED) is 0.565.